The van der Waals surface area contributed by atoms with Gasteiger partial charge in [-0.25, -0.2) is 9.52 Å². The lowest BCUT2D eigenvalue weighted by molar-refractivity contribution is -0.141. The van der Waals surface area contributed by atoms with Crippen LogP contribution in [0.2, 0.25) is 25.7 Å². The largest absolute Gasteiger partial charge is 0.468 e. The number of amides is 1. The summed E-state index contributed by atoms with van der Waals surface area (Å²) in [6.45, 7) is 5.75. The van der Waals surface area contributed by atoms with E-state index in [0.29, 0.717) is 6.04 Å². The third-order valence-electron chi connectivity index (χ3n) is 4.16. The van der Waals surface area contributed by atoms with E-state index in [1.807, 2.05) is 35.1 Å². The summed E-state index contributed by atoms with van der Waals surface area (Å²) in [4.78, 5) is 23.7. The number of esters is 1. The molecule has 0 unspecified atom stereocenters. The molecule has 9 nitrogen and oxygen atoms in total. The second-order valence-electron chi connectivity index (χ2n) is 7.73. The van der Waals surface area contributed by atoms with Crippen molar-refractivity contribution in [2.24, 2.45) is 0 Å². The lowest BCUT2D eigenvalue weighted by atomic mass is 10.2. The molecule has 0 radical (unpaired) electrons. The number of fused-ring (bicyclic) bond motifs is 1. The maximum atomic E-state index is 12.7. The number of hydrogen-bond donors (Lipinski definition) is 1. The molecule has 2 rings (SSSR count). The van der Waals surface area contributed by atoms with Crippen LogP contribution in [0.15, 0.2) is 36.5 Å². The summed E-state index contributed by atoms with van der Waals surface area (Å²) in [6.07, 6.45) is 0.631. The SMILES string of the molecule is COC(=O)CN(Cn1ccc2ccccc21)S(=O)(=O)NC(=O)OCC[Si](C)(C)C. The van der Waals surface area contributed by atoms with E-state index >= 15 is 0 Å². The minimum Gasteiger partial charge on any atom is -0.468 e. The minimum atomic E-state index is -4.34. The number of nitrogens with one attached hydrogen (secondary N) is 1. The van der Waals surface area contributed by atoms with Crippen LogP contribution in [0.1, 0.15) is 0 Å². The molecule has 0 fully saturated rings. The van der Waals surface area contributed by atoms with Gasteiger partial charge in [0.1, 0.15) is 6.54 Å². The van der Waals surface area contributed by atoms with Crippen molar-refractivity contribution in [2.45, 2.75) is 32.4 Å². The molecule has 29 heavy (non-hydrogen) atoms. The number of aromatic nitrogens is 1. The van der Waals surface area contributed by atoms with E-state index < -0.39 is 36.9 Å². The second kappa shape index (κ2) is 9.42. The molecule has 1 amide bonds. The number of benzene rings is 1. The molecule has 0 aliphatic heterocycles. The van der Waals surface area contributed by atoms with Crippen LogP contribution < -0.4 is 4.72 Å². The Kier molecular flexibility index (Phi) is 7.44. The molecule has 0 spiro atoms. The summed E-state index contributed by atoms with van der Waals surface area (Å²) in [5, 5.41) is 0.918. The number of carbonyl (C=O) groups excluding carboxylic acids is 2. The predicted octanol–water partition coefficient (Wildman–Crippen LogP) is 2.38. The first-order valence-electron chi connectivity index (χ1n) is 9.07. The van der Waals surface area contributed by atoms with Gasteiger partial charge < -0.3 is 14.0 Å². The fourth-order valence-corrected chi connectivity index (χ4v) is 4.17. The minimum absolute atomic E-state index is 0.135. The van der Waals surface area contributed by atoms with Crippen molar-refractivity contribution in [1.29, 1.82) is 0 Å². The van der Waals surface area contributed by atoms with E-state index in [1.165, 1.54) is 0 Å². The molecule has 1 heterocycles. The zero-order chi connectivity index (χ0) is 21.7. The van der Waals surface area contributed by atoms with E-state index in [0.717, 1.165) is 22.3 Å². The molecule has 0 atom stereocenters. The van der Waals surface area contributed by atoms with E-state index in [-0.39, 0.29) is 13.3 Å². The van der Waals surface area contributed by atoms with E-state index in [2.05, 4.69) is 24.4 Å². The van der Waals surface area contributed by atoms with Crippen molar-refractivity contribution in [3.8, 4) is 0 Å². The topological polar surface area (TPSA) is 107 Å². The normalized spacial score (nSPS) is 12.2. The van der Waals surface area contributed by atoms with Gasteiger partial charge in [0.15, 0.2) is 0 Å². The molecule has 160 valence electrons. The summed E-state index contributed by atoms with van der Waals surface area (Å²) in [5.74, 6) is -0.751. The van der Waals surface area contributed by atoms with Crippen LogP contribution in [-0.4, -0.2) is 57.7 Å². The van der Waals surface area contributed by atoms with Gasteiger partial charge in [0, 0.05) is 19.8 Å². The quantitative estimate of drug-likeness (QED) is 0.473. The third-order valence-corrected chi connectivity index (χ3v) is 7.21. The van der Waals surface area contributed by atoms with Crippen molar-refractivity contribution in [3.63, 3.8) is 0 Å². The van der Waals surface area contributed by atoms with Gasteiger partial charge in [0.05, 0.1) is 20.4 Å². The maximum absolute atomic E-state index is 12.7. The summed E-state index contributed by atoms with van der Waals surface area (Å²) >= 11 is 0. The van der Waals surface area contributed by atoms with Gasteiger partial charge in [-0.2, -0.15) is 12.7 Å². The average molecular weight is 442 g/mol. The lowest BCUT2D eigenvalue weighted by Gasteiger charge is -2.22. The number of methoxy groups -OCH3 is 1. The van der Waals surface area contributed by atoms with Crippen LogP contribution in [0.5, 0.6) is 0 Å². The summed E-state index contributed by atoms with van der Waals surface area (Å²) in [5.41, 5.74) is 0.787. The Morgan fingerprint density at radius 2 is 1.86 bits per heavy atom. The van der Waals surface area contributed by atoms with Crippen LogP contribution in [0, 0.1) is 0 Å². The second-order valence-corrected chi connectivity index (χ2v) is 15.0. The van der Waals surface area contributed by atoms with Crippen molar-refractivity contribution in [3.05, 3.63) is 36.5 Å². The van der Waals surface area contributed by atoms with E-state index in [4.69, 9.17) is 4.74 Å². The highest BCUT2D eigenvalue weighted by Crippen LogP contribution is 2.16. The standard InChI is InChI=1S/C18H27N3O6SSi/c1-26-17(22)13-21(14-20-10-9-15-7-5-6-8-16(15)20)28(24,25)19-18(23)27-11-12-29(2,3)4/h5-10H,11-14H2,1-4H3,(H,19,23). The number of rotatable bonds is 9. The van der Waals surface area contributed by atoms with Crippen molar-refractivity contribution in [1.82, 2.24) is 13.6 Å². The molecule has 0 saturated heterocycles. The van der Waals surface area contributed by atoms with Crippen LogP contribution in [-0.2, 0) is 31.1 Å². The molecule has 11 heteroatoms. The number of carbonyl (C=O) groups is 2. The zero-order valence-electron chi connectivity index (χ0n) is 17.0. The van der Waals surface area contributed by atoms with Gasteiger partial charge in [-0.15, -0.1) is 0 Å². The molecular weight excluding hydrogens is 414 g/mol. The van der Waals surface area contributed by atoms with Crippen molar-refractivity contribution < 1.29 is 27.5 Å². The van der Waals surface area contributed by atoms with Gasteiger partial charge >= 0.3 is 22.3 Å². The molecule has 2 aromatic rings. The van der Waals surface area contributed by atoms with Crippen LogP contribution >= 0.6 is 0 Å². The molecule has 1 aromatic carbocycles. The average Bonchev–Trinajstić information content (AvgIpc) is 3.02. The number of para-hydroxylation sites is 1. The fourth-order valence-electron chi connectivity index (χ4n) is 2.50. The molecule has 0 aliphatic rings. The molecule has 0 aliphatic carbocycles. The number of ether oxygens (including phenoxy) is 2. The first kappa shape index (κ1) is 22.9. The fraction of sp³-hybridized carbons (Fsp3) is 0.444. The van der Waals surface area contributed by atoms with Gasteiger partial charge in [-0.1, -0.05) is 37.8 Å². The molecule has 0 bridgehead atoms. The van der Waals surface area contributed by atoms with Crippen LogP contribution in [0.25, 0.3) is 10.9 Å². The first-order valence-corrected chi connectivity index (χ1v) is 14.2. The van der Waals surface area contributed by atoms with Crippen molar-refractivity contribution in [2.75, 3.05) is 20.3 Å². The van der Waals surface area contributed by atoms with E-state index in [9.17, 15) is 18.0 Å². The highest BCUT2D eigenvalue weighted by molar-refractivity contribution is 7.87. The van der Waals surface area contributed by atoms with E-state index in [1.54, 1.807) is 10.8 Å². The smallest absolute Gasteiger partial charge is 0.421 e. The van der Waals surface area contributed by atoms with Crippen LogP contribution in [0.4, 0.5) is 4.79 Å². The van der Waals surface area contributed by atoms with Gasteiger partial charge in [0.25, 0.3) is 0 Å². The number of hydrogen-bond acceptors (Lipinski definition) is 6. The predicted molar refractivity (Wildman–Crippen MR) is 112 cm³/mol. The Bertz CT molecular complexity index is 967. The molecular formula is C18H27N3O6SSi. The number of nitrogens with zero attached hydrogens (tertiary/aromatic N) is 2. The highest BCUT2D eigenvalue weighted by atomic mass is 32.2. The Balaban J connectivity index is 2.15. The van der Waals surface area contributed by atoms with Gasteiger partial charge in [-0.3, -0.25) is 4.79 Å². The van der Waals surface area contributed by atoms with Crippen LogP contribution in [0.3, 0.4) is 0 Å². The first-order chi connectivity index (χ1) is 13.5. The Morgan fingerprint density at radius 3 is 2.52 bits per heavy atom. The lowest BCUT2D eigenvalue weighted by Crippen LogP contribution is -2.46. The Hall–Kier alpha value is -2.37. The molecule has 1 N–H and O–H groups in total. The van der Waals surface area contributed by atoms with Crippen molar-refractivity contribution >= 4 is 41.2 Å². The third kappa shape index (κ3) is 6.87. The Labute approximate surface area is 171 Å². The Morgan fingerprint density at radius 1 is 1.17 bits per heavy atom. The van der Waals surface area contributed by atoms with Gasteiger partial charge in [0.2, 0.25) is 0 Å². The summed E-state index contributed by atoms with van der Waals surface area (Å²) < 4.78 is 39.4. The molecule has 0 saturated carbocycles. The summed E-state index contributed by atoms with van der Waals surface area (Å²) in [7, 11) is -4.61. The van der Waals surface area contributed by atoms with Gasteiger partial charge in [-0.05, 0) is 23.6 Å². The monoisotopic (exact) mass is 441 g/mol. The molecule has 1 aromatic heterocycles. The maximum Gasteiger partial charge on any atom is 0.421 e. The zero-order valence-corrected chi connectivity index (χ0v) is 18.9. The summed E-state index contributed by atoms with van der Waals surface area (Å²) in [6, 6.07) is 9.95. The highest BCUT2D eigenvalue weighted by Gasteiger charge is 2.28.